The normalized spacial score (nSPS) is 10.2. The Kier molecular flexibility index (Phi) is 7.28. The van der Waals surface area contributed by atoms with Crippen LogP contribution in [0.2, 0.25) is 5.02 Å². The Morgan fingerprint density at radius 2 is 1.76 bits per heavy atom. The molecule has 0 bridgehead atoms. The van der Waals surface area contributed by atoms with Gasteiger partial charge in [0.2, 0.25) is 0 Å². The van der Waals surface area contributed by atoms with E-state index in [1.54, 1.807) is 31.3 Å². The lowest BCUT2D eigenvalue weighted by Crippen LogP contribution is -2.31. The highest BCUT2D eigenvalue weighted by molar-refractivity contribution is 9.10. The number of likely N-dealkylation sites (N-methyl/N-ethyl adjacent to an activating group) is 1. The molecule has 0 aliphatic rings. The molecular formula is C18H17BrClNO4. The van der Waals surface area contributed by atoms with Crippen LogP contribution in [-0.4, -0.2) is 37.0 Å². The number of esters is 1. The maximum absolute atomic E-state index is 12.1. The van der Waals surface area contributed by atoms with E-state index >= 15 is 0 Å². The fourth-order valence-corrected chi connectivity index (χ4v) is 2.47. The van der Waals surface area contributed by atoms with Crippen LogP contribution in [0, 0.1) is 0 Å². The second-order valence-electron chi connectivity index (χ2n) is 5.24. The molecular weight excluding hydrogens is 410 g/mol. The van der Waals surface area contributed by atoms with E-state index in [1.165, 1.54) is 4.90 Å². The Morgan fingerprint density at radius 1 is 1.08 bits per heavy atom. The molecule has 0 saturated carbocycles. The lowest BCUT2D eigenvalue weighted by Gasteiger charge is -2.18. The van der Waals surface area contributed by atoms with Gasteiger partial charge in [0, 0.05) is 23.1 Å². The number of carbonyl (C=O) groups excluding carboxylic acids is 2. The van der Waals surface area contributed by atoms with Gasteiger partial charge in [-0.3, -0.25) is 4.79 Å². The monoisotopic (exact) mass is 425 g/mol. The first-order valence-electron chi connectivity index (χ1n) is 7.47. The summed E-state index contributed by atoms with van der Waals surface area (Å²) < 4.78 is 11.1. The molecule has 7 heteroatoms. The van der Waals surface area contributed by atoms with Crippen LogP contribution < -0.4 is 4.74 Å². The van der Waals surface area contributed by atoms with Crippen LogP contribution in [0.3, 0.4) is 0 Å². The summed E-state index contributed by atoms with van der Waals surface area (Å²) >= 11 is 9.20. The lowest BCUT2D eigenvalue weighted by atomic mass is 10.2. The first-order valence-corrected chi connectivity index (χ1v) is 8.64. The maximum Gasteiger partial charge on any atom is 0.344 e. The lowest BCUT2D eigenvalue weighted by molar-refractivity contribution is -0.153. The molecule has 0 aromatic heterocycles. The maximum atomic E-state index is 12.1. The predicted octanol–water partition coefficient (Wildman–Crippen LogP) is 3.68. The van der Waals surface area contributed by atoms with Gasteiger partial charge < -0.3 is 14.4 Å². The molecule has 0 unspecified atom stereocenters. The summed E-state index contributed by atoms with van der Waals surface area (Å²) in [6, 6.07) is 14.2. The standard InChI is InChI=1S/C18H17BrClNO4/c1-21(10-13-4-2-3-5-16(13)19)17(22)11-25-18(23)12-24-15-8-6-14(20)7-9-15/h2-9H,10-12H2,1H3. The van der Waals surface area contributed by atoms with Crippen LogP contribution in [0.4, 0.5) is 0 Å². The average molecular weight is 427 g/mol. The summed E-state index contributed by atoms with van der Waals surface area (Å²) in [7, 11) is 1.65. The number of rotatable bonds is 7. The van der Waals surface area contributed by atoms with E-state index in [4.69, 9.17) is 21.1 Å². The highest BCUT2D eigenvalue weighted by Crippen LogP contribution is 2.17. The van der Waals surface area contributed by atoms with Gasteiger partial charge in [-0.25, -0.2) is 4.79 Å². The number of carbonyl (C=O) groups is 2. The summed E-state index contributed by atoms with van der Waals surface area (Å²) in [5, 5.41) is 0.577. The highest BCUT2D eigenvalue weighted by Gasteiger charge is 2.14. The Labute approximate surface area is 159 Å². The van der Waals surface area contributed by atoms with Crippen molar-refractivity contribution >= 4 is 39.4 Å². The van der Waals surface area contributed by atoms with Crippen molar-refractivity contribution in [3.05, 3.63) is 63.6 Å². The minimum atomic E-state index is -0.613. The molecule has 0 aliphatic heterocycles. The Balaban J connectivity index is 1.74. The molecule has 0 heterocycles. The second-order valence-corrected chi connectivity index (χ2v) is 6.54. The van der Waals surface area contributed by atoms with Gasteiger partial charge in [0.1, 0.15) is 5.75 Å². The minimum Gasteiger partial charge on any atom is -0.482 e. The SMILES string of the molecule is CN(Cc1ccccc1Br)C(=O)COC(=O)COc1ccc(Cl)cc1. The van der Waals surface area contributed by atoms with Crippen LogP contribution in [0.25, 0.3) is 0 Å². The molecule has 1 amide bonds. The van der Waals surface area contributed by atoms with Crippen molar-refractivity contribution in [1.82, 2.24) is 4.90 Å². The third-order valence-electron chi connectivity index (χ3n) is 3.32. The molecule has 0 radical (unpaired) electrons. The fraction of sp³-hybridized carbons (Fsp3) is 0.222. The number of ether oxygens (including phenoxy) is 2. The van der Waals surface area contributed by atoms with Gasteiger partial charge in [-0.15, -0.1) is 0 Å². The molecule has 0 aliphatic carbocycles. The molecule has 2 rings (SSSR count). The summed E-state index contributed by atoms with van der Waals surface area (Å²) in [5.41, 5.74) is 0.968. The van der Waals surface area contributed by atoms with Crippen LogP contribution in [-0.2, 0) is 20.9 Å². The smallest absolute Gasteiger partial charge is 0.344 e. The molecule has 2 aromatic carbocycles. The van der Waals surface area contributed by atoms with Crippen LogP contribution in [0.1, 0.15) is 5.56 Å². The molecule has 0 saturated heterocycles. The van der Waals surface area contributed by atoms with E-state index in [2.05, 4.69) is 15.9 Å². The van der Waals surface area contributed by atoms with Gasteiger partial charge in [0.05, 0.1) is 0 Å². The third kappa shape index (κ3) is 6.40. The number of halogens is 2. The zero-order valence-electron chi connectivity index (χ0n) is 13.6. The number of hydrogen-bond acceptors (Lipinski definition) is 4. The number of nitrogens with zero attached hydrogens (tertiary/aromatic N) is 1. The number of hydrogen-bond donors (Lipinski definition) is 0. The molecule has 25 heavy (non-hydrogen) atoms. The van der Waals surface area contributed by atoms with Crippen LogP contribution in [0.15, 0.2) is 53.0 Å². The number of amides is 1. The third-order valence-corrected chi connectivity index (χ3v) is 4.34. The van der Waals surface area contributed by atoms with Crippen molar-refractivity contribution in [2.75, 3.05) is 20.3 Å². The molecule has 0 atom stereocenters. The molecule has 0 fully saturated rings. The van der Waals surface area contributed by atoms with Crippen LogP contribution in [0.5, 0.6) is 5.75 Å². The van der Waals surface area contributed by atoms with Crippen molar-refractivity contribution in [2.24, 2.45) is 0 Å². The van der Waals surface area contributed by atoms with E-state index in [0.717, 1.165) is 10.0 Å². The first kappa shape index (κ1) is 19.3. The summed E-state index contributed by atoms with van der Waals surface area (Å²) in [6.45, 7) is -0.189. The van der Waals surface area contributed by atoms with Gasteiger partial charge in [0.25, 0.3) is 5.91 Å². The summed E-state index contributed by atoms with van der Waals surface area (Å²) in [5.74, 6) is -0.410. The van der Waals surface area contributed by atoms with E-state index in [1.807, 2.05) is 24.3 Å². The minimum absolute atomic E-state index is 0.275. The molecule has 0 N–H and O–H groups in total. The van der Waals surface area contributed by atoms with Crippen molar-refractivity contribution in [1.29, 1.82) is 0 Å². The van der Waals surface area contributed by atoms with E-state index in [0.29, 0.717) is 17.3 Å². The predicted molar refractivity (Wildman–Crippen MR) is 98.5 cm³/mol. The Bertz CT molecular complexity index is 736. The second kappa shape index (κ2) is 9.44. The summed E-state index contributed by atoms with van der Waals surface area (Å²) in [4.78, 5) is 25.2. The number of benzene rings is 2. The fourth-order valence-electron chi connectivity index (χ4n) is 1.94. The molecule has 0 spiro atoms. The average Bonchev–Trinajstić information content (AvgIpc) is 2.61. The van der Waals surface area contributed by atoms with Gasteiger partial charge in [0.15, 0.2) is 13.2 Å². The van der Waals surface area contributed by atoms with E-state index < -0.39 is 5.97 Å². The van der Waals surface area contributed by atoms with Crippen LogP contribution >= 0.6 is 27.5 Å². The van der Waals surface area contributed by atoms with E-state index in [9.17, 15) is 9.59 Å². The van der Waals surface area contributed by atoms with Crippen molar-refractivity contribution in [3.63, 3.8) is 0 Å². The van der Waals surface area contributed by atoms with Crippen molar-refractivity contribution < 1.29 is 19.1 Å². The largest absolute Gasteiger partial charge is 0.482 e. The molecule has 2 aromatic rings. The van der Waals surface area contributed by atoms with Crippen molar-refractivity contribution in [3.8, 4) is 5.75 Å². The zero-order valence-corrected chi connectivity index (χ0v) is 15.9. The quantitative estimate of drug-likeness (QED) is 0.634. The topological polar surface area (TPSA) is 55.8 Å². The van der Waals surface area contributed by atoms with Gasteiger partial charge in [-0.1, -0.05) is 45.7 Å². The highest BCUT2D eigenvalue weighted by atomic mass is 79.9. The van der Waals surface area contributed by atoms with Gasteiger partial charge >= 0.3 is 5.97 Å². The Morgan fingerprint density at radius 3 is 2.44 bits per heavy atom. The summed E-state index contributed by atoms with van der Waals surface area (Å²) in [6.07, 6.45) is 0. The molecule has 5 nitrogen and oxygen atoms in total. The Hall–Kier alpha value is -2.05. The van der Waals surface area contributed by atoms with Crippen molar-refractivity contribution in [2.45, 2.75) is 6.54 Å². The van der Waals surface area contributed by atoms with Gasteiger partial charge in [-0.05, 0) is 35.9 Å². The van der Waals surface area contributed by atoms with E-state index in [-0.39, 0.29) is 19.1 Å². The zero-order chi connectivity index (χ0) is 18.2. The molecule has 132 valence electrons. The first-order chi connectivity index (χ1) is 12.0. The van der Waals surface area contributed by atoms with Gasteiger partial charge in [-0.2, -0.15) is 0 Å².